The highest BCUT2D eigenvalue weighted by molar-refractivity contribution is 5.91. The van der Waals surface area contributed by atoms with Crippen LogP contribution in [0.15, 0.2) is 60.8 Å². The molecule has 0 spiro atoms. The van der Waals surface area contributed by atoms with Crippen molar-refractivity contribution in [3.8, 4) is 17.1 Å². The van der Waals surface area contributed by atoms with E-state index in [0.29, 0.717) is 35.9 Å². The van der Waals surface area contributed by atoms with Crippen LogP contribution in [0.4, 0.5) is 23.7 Å². The summed E-state index contributed by atoms with van der Waals surface area (Å²) in [6, 6.07) is 17.5. The van der Waals surface area contributed by atoms with E-state index < -0.39 is 29.0 Å². The number of hydrogen-bond acceptors (Lipinski definition) is 7. The molecule has 0 bridgehead atoms. The number of fused-ring (bicyclic) bond motifs is 1. The smallest absolute Gasteiger partial charge is 0.434 e. The Labute approximate surface area is 296 Å². The Morgan fingerprint density at radius 1 is 0.961 bits per heavy atom. The summed E-state index contributed by atoms with van der Waals surface area (Å²) in [5.74, 6) is -0.782. The van der Waals surface area contributed by atoms with Crippen molar-refractivity contribution in [2.24, 2.45) is 0 Å². The standard InChI is InChI=1S/C39H44F3N5O4/c1-6-26-22-25(14-15-29(26)27-16-19-45(20-17-27)37(49)51-38(3,4)5)24-46-21-18-28-10-8-11-30(34(28)46)32-12-9-13-33(44-32)47-35(39(40,41)42)31(23-43-47)36(48)50-7-2/h8-15,22-23,27H,6-7,16-21,24H2,1-5H3. The van der Waals surface area contributed by atoms with Crippen molar-refractivity contribution in [1.82, 2.24) is 19.7 Å². The molecule has 0 N–H and O–H groups in total. The molecule has 0 atom stereocenters. The van der Waals surface area contributed by atoms with Gasteiger partial charge in [-0.3, -0.25) is 0 Å². The van der Waals surface area contributed by atoms with Crippen molar-refractivity contribution in [2.75, 3.05) is 31.1 Å². The molecule has 1 saturated heterocycles. The summed E-state index contributed by atoms with van der Waals surface area (Å²) in [5.41, 5.74) is 4.84. The van der Waals surface area contributed by atoms with Gasteiger partial charge in [0.25, 0.3) is 0 Å². The van der Waals surface area contributed by atoms with Gasteiger partial charge in [0.05, 0.1) is 18.5 Å². The molecule has 1 fully saturated rings. The van der Waals surface area contributed by atoms with Gasteiger partial charge in [-0.25, -0.2) is 19.3 Å². The normalized spacial score (nSPS) is 15.2. The Morgan fingerprint density at radius 3 is 2.39 bits per heavy atom. The van der Waals surface area contributed by atoms with E-state index in [-0.39, 0.29) is 18.5 Å². The lowest BCUT2D eigenvalue weighted by molar-refractivity contribution is -0.143. The fourth-order valence-electron chi connectivity index (χ4n) is 7.12. The van der Waals surface area contributed by atoms with E-state index in [0.717, 1.165) is 55.2 Å². The molecule has 6 rings (SSSR count). The van der Waals surface area contributed by atoms with Crippen molar-refractivity contribution in [2.45, 2.75) is 84.5 Å². The van der Waals surface area contributed by atoms with Gasteiger partial charge in [0.1, 0.15) is 11.2 Å². The van der Waals surface area contributed by atoms with Crippen LogP contribution >= 0.6 is 0 Å². The topological polar surface area (TPSA) is 89.8 Å². The van der Waals surface area contributed by atoms with E-state index in [1.807, 2.05) is 32.9 Å². The maximum absolute atomic E-state index is 14.2. The minimum absolute atomic E-state index is 0.0578. The Kier molecular flexibility index (Phi) is 10.1. The van der Waals surface area contributed by atoms with Crippen molar-refractivity contribution >= 4 is 17.7 Å². The molecular weight excluding hydrogens is 659 g/mol. The lowest BCUT2D eigenvalue weighted by atomic mass is 9.85. The number of pyridine rings is 1. The molecule has 0 aliphatic carbocycles. The van der Waals surface area contributed by atoms with Crippen LogP contribution in [0.25, 0.3) is 17.1 Å². The maximum atomic E-state index is 14.2. The summed E-state index contributed by atoms with van der Waals surface area (Å²) in [6.45, 7) is 12.1. The number of para-hydroxylation sites is 1. The van der Waals surface area contributed by atoms with Crippen molar-refractivity contribution in [3.63, 3.8) is 0 Å². The zero-order chi connectivity index (χ0) is 36.5. The predicted octanol–water partition coefficient (Wildman–Crippen LogP) is 8.37. The van der Waals surface area contributed by atoms with Crippen molar-refractivity contribution in [3.05, 3.63) is 94.3 Å². The third-order valence-corrected chi connectivity index (χ3v) is 9.40. The molecule has 9 nitrogen and oxygen atoms in total. The first kappa shape index (κ1) is 35.9. The molecule has 12 heteroatoms. The van der Waals surface area contributed by atoms with Gasteiger partial charge in [0.15, 0.2) is 11.5 Å². The number of benzene rings is 2. The third-order valence-electron chi connectivity index (χ3n) is 9.40. The van der Waals surface area contributed by atoms with Crippen LogP contribution in [0.1, 0.15) is 91.7 Å². The summed E-state index contributed by atoms with van der Waals surface area (Å²) < 4.78 is 53.8. The monoisotopic (exact) mass is 703 g/mol. The fraction of sp³-hybridized carbons (Fsp3) is 0.436. The van der Waals surface area contributed by atoms with Crippen LogP contribution in [0.2, 0.25) is 0 Å². The van der Waals surface area contributed by atoms with E-state index >= 15 is 0 Å². The number of hydrogen-bond donors (Lipinski definition) is 0. The number of aromatic nitrogens is 3. The number of alkyl halides is 3. The number of halogens is 3. The van der Waals surface area contributed by atoms with Gasteiger partial charge in [0.2, 0.25) is 0 Å². The Bertz CT molecular complexity index is 1910. The Balaban J connectivity index is 1.23. The largest absolute Gasteiger partial charge is 0.462 e. The molecule has 270 valence electrons. The number of rotatable bonds is 8. The maximum Gasteiger partial charge on any atom is 0.434 e. The van der Waals surface area contributed by atoms with Gasteiger partial charge in [-0.15, -0.1) is 0 Å². The average Bonchev–Trinajstić information content (AvgIpc) is 3.73. The van der Waals surface area contributed by atoms with E-state index in [4.69, 9.17) is 9.47 Å². The first-order valence-corrected chi connectivity index (χ1v) is 17.5. The van der Waals surface area contributed by atoms with Gasteiger partial charge in [-0.2, -0.15) is 18.3 Å². The average molecular weight is 704 g/mol. The number of amides is 1. The Hall–Kier alpha value is -4.87. The predicted molar refractivity (Wildman–Crippen MR) is 188 cm³/mol. The quantitative estimate of drug-likeness (QED) is 0.170. The number of likely N-dealkylation sites (tertiary alicyclic amines) is 1. The number of carbonyl (C=O) groups is 2. The summed E-state index contributed by atoms with van der Waals surface area (Å²) in [4.78, 5) is 33.7. The molecule has 2 aliphatic rings. The van der Waals surface area contributed by atoms with Gasteiger partial charge < -0.3 is 19.3 Å². The number of nitrogens with zero attached hydrogens (tertiary/aromatic N) is 5. The highest BCUT2D eigenvalue weighted by Crippen LogP contribution is 2.40. The zero-order valence-corrected chi connectivity index (χ0v) is 29.7. The van der Waals surface area contributed by atoms with Crippen LogP contribution in [0.3, 0.4) is 0 Å². The van der Waals surface area contributed by atoms with Crippen LogP contribution < -0.4 is 4.90 Å². The SMILES string of the molecule is CCOC(=O)c1cnn(-c2cccc(-c3cccc4c3N(Cc3ccc(C5CCN(C(=O)OC(C)(C)C)CC5)c(CC)c3)CC4)n2)c1C(F)(F)F. The summed E-state index contributed by atoms with van der Waals surface area (Å²) >= 11 is 0. The van der Waals surface area contributed by atoms with Gasteiger partial charge in [-0.1, -0.05) is 49.4 Å². The Morgan fingerprint density at radius 2 is 1.71 bits per heavy atom. The molecule has 2 aromatic carbocycles. The van der Waals surface area contributed by atoms with Crippen LogP contribution in [-0.2, 0) is 35.0 Å². The minimum Gasteiger partial charge on any atom is -0.462 e. The first-order valence-electron chi connectivity index (χ1n) is 17.5. The second-order valence-corrected chi connectivity index (χ2v) is 14.0. The fourth-order valence-corrected chi connectivity index (χ4v) is 7.12. The third kappa shape index (κ3) is 7.74. The van der Waals surface area contributed by atoms with E-state index in [1.165, 1.54) is 29.7 Å². The second kappa shape index (κ2) is 14.4. The first-order chi connectivity index (χ1) is 24.3. The number of ether oxygens (including phenoxy) is 2. The zero-order valence-electron chi connectivity index (χ0n) is 29.7. The summed E-state index contributed by atoms with van der Waals surface area (Å²) in [5, 5.41) is 3.92. The molecule has 0 saturated carbocycles. The second-order valence-electron chi connectivity index (χ2n) is 14.0. The molecule has 0 radical (unpaired) electrons. The molecule has 4 heterocycles. The molecule has 2 aliphatic heterocycles. The number of aryl methyl sites for hydroxylation is 1. The lowest BCUT2D eigenvalue weighted by Crippen LogP contribution is -2.41. The van der Waals surface area contributed by atoms with Crippen molar-refractivity contribution < 1.29 is 32.2 Å². The minimum atomic E-state index is -4.87. The molecule has 51 heavy (non-hydrogen) atoms. The summed E-state index contributed by atoms with van der Waals surface area (Å²) in [6.07, 6.45) is -0.765. The number of anilines is 1. The van der Waals surface area contributed by atoms with Gasteiger partial charge >= 0.3 is 18.2 Å². The van der Waals surface area contributed by atoms with Crippen molar-refractivity contribution in [1.29, 1.82) is 0 Å². The van der Waals surface area contributed by atoms with Crippen LogP contribution in [0, 0.1) is 0 Å². The molecule has 2 aromatic heterocycles. The lowest BCUT2D eigenvalue weighted by Gasteiger charge is -2.34. The van der Waals surface area contributed by atoms with E-state index in [9.17, 15) is 22.8 Å². The van der Waals surface area contributed by atoms with Crippen LogP contribution in [0.5, 0.6) is 0 Å². The van der Waals surface area contributed by atoms with Gasteiger partial charge in [-0.05, 0) is 93.7 Å². The number of piperidine rings is 1. The van der Waals surface area contributed by atoms with Crippen LogP contribution in [-0.4, -0.2) is 63.6 Å². The van der Waals surface area contributed by atoms with E-state index in [2.05, 4.69) is 46.2 Å². The molecule has 1 amide bonds. The number of carbonyl (C=O) groups excluding carboxylic acids is 2. The highest BCUT2D eigenvalue weighted by atomic mass is 19.4. The molecular formula is C39H44F3N5O4. The molecule has 0 unspecified atom stereocenters. The highest BCUT2D eigenvalue weighted by Gasteiger charge is 2.41. The number of esters is 1. The van der Waals surface area contributed by atoms with Gasteiger partial charge in [0, 0.05) is 37.4 Å². The molecule has 4 aromatic rings. The summed E-state index contributed by atoms with van der Waals surface area (Å²) in [7, 11) is 0. The van der Waals surface area contributed by atoms with E-state index in [1.54, 1.807) is 17.0 Å².